The molecule has 0 aliphatic carbocycles. The predicted octanol–water partition coefficient (Wildman–Crippen LogP) is 4.29. The molecule has 37 heavy (non-hydrogen) atoms. The fourth-order valence-electron chi connectivity index (χ4n) is 5.15. The van der Waals surface area contributed by atoms with Gasteiger partial charge < -0.3 is 14.4 Å². The van der Waals surface area contributed by atoms with Crippen LogP contribution in [0.5, 0.6) is 5.75 Å². The van der Waals surface area contributed by atoms with Crippen LogP contribution in [0.2, 0.25) is 0 Å². The van der Waals surface area contributed by atoms with Crippen LogP contribution in [-0.4, -0.2) is 75.5 Å². The van der Waals surface area contributed by atoms with E-state index in [0.29, 0.717) is 12.4 Å². The zero-order valence-electron chi connectivity index (χ0n) is 20.7. The van der Waals surface area contributed by atoms with Gasteiger partial charge in [-0.1, -0.05) is 47.6 Å². The molecule has 1 fully saturated rings. The van der Waals surface area contributed by atoms with Crippen LogP contribution >= 0.6 is 11.3 Å². The van der Waals surface area contributed by atoms with Gasteiger partial charge in [0, 0.05) is 38.8 Å². The zero-order valence-corrected chi connectivity index (χ0v) is 21.5. The van der Waals surface area contributed by atoms with E-state index in [9.17, 15) is 5.11 Å². The lowest BCUT2D eigenvalue weighted by Crippen LogP contribution is -2.50. The van der Waals surface area contributed by atoms with E-state index in [-0.39, 0.29) is 12.6 Å². The largest absolute Gasteiger partial charge is 0.491 e. The molecule has 0 radical (unpaired) electrons. The topological polar surface area (TPSA) is 87.8 Å². The molecule has 9 heteroatoms. The van der Waals surface area contributed by atoms with Crippen LogP contribution in [0, 0.1) is 6.92 Å². The van der Waals surface area contributed by atoms with E-state index in [2.05, 4.69) is 67.4 Å². The first kappa shape index (κ1) is 24.0. The van der Waals surface area contributed by atoms with Gasteiger partial charge in [-0.2, -0.15) is 4.98 Å². The van der Waals surface area contributed by atoms with Crippen LogP contribution in [0.3, 0.4) is 0 Å². The van der Waals surface area contributed by atoms with E-state index < -0.39 is 6.10 Å². The first-order valence-corrected chi connectivity index (χ1v) is 13.3. The van der Waals surface area contributed by atoms with Crippen molar-refractivity contribution in [2.24, 2.45) is 0 Å². The van der Waals surface area contributed by atoms with E-state index in [4.69, 9.17) is 9.26 Å². The van der Waals surface area contributed by atoms with Crippen LogP contribution in [0.15, 0.2) is 71.6 Å². The van der Waals surface area contributed by atoms with Crippen molar-refractivity contribution in [3.63, 3.8) is 0 Å². The molecular formula is C28H29N5O3S. The zero-order chi connectivity index (χ0) is 25.2. The summed E-state index contributed by atoms with van der Waals surface area (Å²) < 4.78 is 12.2. The maximum atomic E-state index is 10.7. The highest BCUT2D eigenvalue weighted by Gasteiger charge is 2.31. The number of nitrogens with zero attached hydrogens (tertiary/aromatic N) is 5. The summed E-state index contributed by atoms with van der Waals surface area (Å²) in [6, 6.07) is 20.6. The van der Waals surface area contributed by atoms with Gasteiger partial charge in [0.05, 0.1) is 21.3 Å². The monoisotopic (exact) mass is 515 g/mol. The second-order valence-corrected chi connectivity index (χ2v) is 10.7. The van der Waals surface area contributed by atoms with Crippen molar-refractivity contribution in [2.45, 2.75) is 19.1 Å². The number of rotatable bonds is 8. The van der Waals surface area contributed by atoms with E-state index in [1.807, 2.05) is 25.1 Å². The Bertz CT molecular complexity index is 1470. The number of thiazole rings is 1. The summed E-state index contributed by atoms with van der Waals surface area (Å²) in [5.74, 6) is 1.41. The van der Waals surface area contributed by atoms with Gasteiger partial charge in [-0.05, 0) is 35.4 Å². The van der Waals surface area contributed by atoms with Crippen LogP contribution in [0.4, 0.5) is 0 Å². The number of β-amino-alcohol motifs (C(OH)–C–C–N with tert-alkyl or cyclic N) is 1. The van der Waals surface area contributed by atoms with Crippen molar-refractivity contribution in [3.8, 4) is 5.75 Å². The molecule has 0 spiro atoms. The molecule has 3 heterocycles. The molecule has 1 saturated heterocycles. The third-order valence-electron chi connectivity index (χ3n) is 6.89. The minimum absolute atomic E-state index is 0.0930. The summed E-state index contributed by atoms with van der Waals surface area (Å²) in [4.78, 5) is 13.6. The lowest BCUT2D eigenvalue weighted by molar-refractivity contribution is 0.0393. The molecule has 0 bridgehead atoms. The first-order valence-electron chi connectivity index (χ1n) is 12.5. The minimum Gasteiger partial charge on any atom is -0.491 e. The molecular weight excluding hydrogens is 486 g/mol. The van der Waals surface area contributed by atoms with Gasteiger partial charge in [-0.3, -0.25) is 9.80 Å². The van der Waals surface area contributed by atoms with Crippen molar-refractivity contribution in [1.29, 1.82) is 0 Å². The standard InChI is InChI=1S/C28H29N5O3S/c1-19-30-25-15-22(9-10-26(25)37-19)35-17-21(34)16-32-11-13-33(14-12-32)27(28-29-18-36-31-28)24-8-4-6-20-5-2-3-7-23(20)24/h2-10,15,18,21,27,34H,11-14,16-17H2,1H3/t21-,27?/m0/s1. The number of aromatic nitrogens is 3. The summed E-state index contributed by atoms with van der Waals surface area (Å²) in [7, 11) is 0. The van der Waals surface area contributed by atoms with Crippen molar-refractivity contribution in [1.82, 2.24) is 24.9 Å². The Morgan fingerprint density at radius 1 is 1.05 bits per heavy atom. The minimum atomic E-state index is -0.578. The Morgan fingerprint density at radius 3 is 2.73 bits per heavy atom. The number of benzene rings is 3. The average molecular weight is 516 g/mol. The number of aliphatic hydroxyl groups is 1. The Hall–Kier alpha value is -3.37. The second-order valence-electron chi connectivity index (χ2n) is 9.42. The second kappa shape index (κ2) is 10.5. The Kier molecular flexibility index (Phi) is 6.84. The van der Waals surface area contributed by atoms with Crippen molar-refractivity contribution >= 4 is 32.3 Å². The maximum absolute atomic E-state index is 10.7. The summed E-state index contributed by atoms with van der Waals surface area (Å²) in [6.07, 6.45) is 0.818. The lowest BCUT2D eigenvalue weighted by Gasteiger charge is -2.39. The van der Waals surface area contributed by atoms with E-state index in [0.717, 1.165) is 47.2 Å². The summed E-state index contributed by atoms with van der Waals surface area (Å²) in [6.45, 7) is 6.14. The number of ether oxygens (including phenoxy) is 1. The summed E-state index contributed by atoms with van der Waals surface area (Å²) in [5.41, 5.74) is 2.11. The Balaban J connectivity index is 1.09. The highest BCUT2D eigenvalue weighted by Crippen LogP contribution is 2.33. The molecule has 0 saturated carbocycles. The summed E-state index contributed by atoms with van der Waals surface area (Å²) in [5, 5.41) is 18.3. The fourth-order valence-corrected chi connectivity index (χ4v) is 5.95. The van der Waals surface area contributed by atoms with Crippen LogP contribution in [-0.2, 0) is 0 Å². The molecule has 6 rings (SSSR count). The van der Waals surface area contributed by atoms with E-state index in [1.54, 1.807) is 11.3 Å². The molecule has 1 unspecified atom stereocenters. The van der Waals surface area contributed by atoms with E-state index >= 15 is 0 Å². The summed E-state index contributed by atoms with van der Waals surface area (Å²) >= 11 is 1.67. The van der Waals surface area contributed by atoms with Gasteiger partial charge in [-0.25, -0.2) is 4.98 Å². The highest BCUT2D eigenvalue weighted by molar-refractivity contribution is 7.18. The number of hydrogen-bond donors (Lipinski definition) is 1. The smallest absolute Gasteiger partial charge is 0.213 e. The SMILES string of the molecule is Cc1nc2cc(OC[C@@H](O)CN3CCN(C(c4ncon4)c4cccc5ccccc45)CC3)ccc2s1. The molecule has 1 aliphatic heterocycles. The first-order chi connectivity index (χ1) is 18.1. The molecule has 8 nitrogen and oxygen atoms in total. The van der Waals surface area contributed by atoms with Gasteiger partial charge in [0.25, 0.3) is 0 Å². The molecule has 2 atom stereocenters. The van der Waals surface area contributed by atoms with Gasteiger partial charge in [-0.15, -0.1) is 11.3 Å². The third kappa shape index (κ3) is 5.21. The van der Waals surface area contributed by atoms with Gasteiger partial charge in [0.2, 0.25) is 6.39 Å². The van der Waals surface area contributed by atoms with Crippen LogP contribution in [0.25, 0.3) is 21.0 Å². The molecule has 5 aromatic rings. The highest BCUT2D eigenvalue weighted by atomic mass is 32.1. The molecule has 190 valence electrons. The van der Waals surface area contributed by atoms with Crippen molar-refractivity contribution < 1.29 is 14.4 Å². The number of piperazine rings is 1. The maximum Gasteiger partial charge on any atom is 0.213 e. The lowest BCUT2D eigenvalue weighted by atomic mass is 9.96. The fraction of sp³-hybridized carbons (Fsp3) is 0.321. The third-order valence-corrected chi connectivity index (χ3v) is 7.84. The van der Waals surface area contributed by atoms with Crippen LogP contribution < -0.4 is 4.74 Å². The van der Waals surface area contributed by atoms with Gasteiger partial charge in [0.15, 0.2) is 5.82 Å². The van der Waals surface area contributed by atoms with Gasteiger partial charge >= 0.3 is 0 Å². The van der Waals surface area contributed by atoms with Crippen LogP contribution in [0.1, 0.15) is 22.4 Å². The average Bonchev–Trinajstić information content (AvgIpc) is 3.58. The number of hydrogen-bond acceptors (Lipinski definition) is 9. The molecule has 0 amide bonds. The van der Waals surface area contributed by atoms with E-state index in [1.165, 1.54) is 22.7 Å². The van der Waals surface area contributed by atoms with Crippen molar-refractivity contribution in [2.75, 3.05) is 39.3 Å². The van der Waals surface area contributed by atoms with Crippen molar-refractivity contribution in [3.05, 3.63) is 83.5 Å². The Labute approximate surface area is 219 Å². The predicted molar refractivity (Wildman–Crippen MR) is 144 cm³/mol. The molecule has 2 aromatic heterocycles. The number of aliphatic hydroxyl groups excluding tert-OH is 1. The number of aryl methyl sites for hydroxylation is 1. The number of fused-ring (bicyclic) bond motifs is 2. The Morgan fingerprint density at radius 2 is 1.89 bits per heavy atom. The van der Waals surface area contributed by atoms with Gasteiger partial charge in [0.1, 0.15) is 18.5 Å². The quantitative estimate of drug-likeness (QED) is 0.328. The normalized spacial score (nSPS) is 16.8. The molecule has 3 aromatic carbocycles. The molecule has 1 aliphatic rings. The molecule has 1 N–H and O–H groups in total.